The number of para-hydroxylation sites is 1. The van der Waals surface area contributed by atoms with Crippen LogP contribution in [-0.2, 0) is 11.3 Å². The maximum Gasteiger partial charge on any atom is 0.228 e. The lowest BCUT2D eigenvalue weighted by molar-refractivity contribution is -0.124. The van der Waals surface area contributed by atoms with Crippen molar-refractivity contribution in [1.82, 2.24) is 14.9 Å². The zero-order valence-electron chi connectivity index (χ0n) is 22.4. The molecule has 39 heavy (non-hydrogen) atoms. The Bertz CT molecular complexity index is 1580. The third-order valence-electron chi connectivity index (χ3n) is 8.28. The minimum Gasteiger partial charge on any atom is -0.394 e. The van der Waals surface area contributed by atoms with Gasteiger partial charge in [0.2, 0.25) is 5.91 Å². The summed E-state index contributed by atoms with van der Waals surface area (Å²) in [7, 11) is 0. The Kier molecular flexibility index (Phi) is 7.16. The van der Waals surface area contributed by atoms with Crippen molar-refractivity contribution < 1.29 is 9.90 Å². The van der Waals surface area contributed by atoms with Crippen LogP contribution in [0.3, 0.4) is 0 Å². The molecular weight excluding hydrogens is 482 g/mol. The largest absolute Gasteiger partial charge is 0.394 e. The number of carbonyl (C=O) groups excluding carboxylic acids is 1. The average molecular weight is 518 g/mol. The van der Waals surface area contributed by atoms with Crippen molar-refractivity contribution >= 4 is 27.8 Å². The Morgan fingerprint density at radius 1 is 0.949 bits per heavy atom. The first kappa shape index (κ1) is 25.3. The average Bonchev–Trinajstić information content (AvgIpc) is 3.60. The molecule has 0 aliphatic heterocycles. The highest BCUT2D eigenvalue weighted by Gasteiger charge is 2.33. The molecule has 1 fully saturated rings. The van der Waals surface area contributed by atoms with Crippen LogP contribution in [0.5, 0.6) is 0 Å². The SMILES string of the molecule is Cc1cnc2c3ccccc3n(Cc3ccc(C(C(=O)N[C@@H](CO)c4ccccc4)C4CCCC4)cc3)c2c1. The lowest BCUT2D eigenvalue weighted by Crippen LogP contribution is -2.37. The number of aryl methyl sites for hydroxylation is 1. The standard InChI is InChI=1S/C34H35N3O2/c1-23-19-31-33(35-20-23)28-13-7-8-14-30(28)37(31)21-24-15-17-27(18-16-24)32(26-11-5-6-12-26)34(39)36-29(22-38)25-9-3-2-4-10-25/h2-4,7-10,13-20,26,29,32,38H,5-6,11-12,21-22H2,1H3,(H,36,39)/t29-,32?/m0/s1. The quantitative estimate of drug-likeness (QED) is 0.242. The number of aliphatic hydroxyl groups is 1. The number of hydrogen-bond donors (Lipinski definition) is 2. The molecule has 0 saturated heterocycles. The lowest BCUT2D eigenvalue weighted by Gasteiger charge is -2.26. The fraction of sp³-hybridized carbons (Fsp3) is 0.294. The van der Waals surface area contributed by atoms with Gasteiger partial charge in [0.1, 0.15) is 0 Å². The highest BCUT2D eigenvalue weighted by atomic mass is 16.3. The summed E-state index contributed by atoms with van der Waals surface area (Å²) in [6, 6.07) is 28.5. The van der Waals surface area contributed by atoms with Gasteiger partial charge in [0.25, 0.3) is 0 Å². The number of hydrogen-bond acceptors (Lipinski definition) is 3. The van der Waals surface area contributed by atoms with E-state index in [0.717, 1.165) is 60.0 Å². The van der Waals surface area contributed by atoms with E-state index in [4.69, 9.17) is 4.98 Å². The Balaban J connectivity index is 1.29. The second-order valence-corrected chi connectivity index (χ2v) is 10.9. The first-order chi connectivity index (χ1) is 19.1. The zero-order chi connectivity index (χ0) is 26.8. The Hall–Kier alpha value is -3.96. The zero-order valence-corrected chi connectivity index (χ0v) is 22.4. The number of benzene rings is 3. The molecule has 5 aromatic rings. The van der Waals surface area contributed by atoms with Crippen molar-refractivity contribution in [1.29, 1.82) is 0 Å². The van der Waals surface area contributed by atoms with Crippen LogP contribution in [0.4, 0.5) is 0 Å². The van der Waals surface area contributed by atoms with Crippen molar-refractivity contribution in [3.8, 4) is 0 Å². The van der Waals surface area contributed by atoms with E-state index >= 15 is 0 Å². The number of fused-ring (bicyclic) bond motifs is 3. The summed E-state index contributed by atoms with van der Waals surface area (Å²) in [4.78, 5) is 18.4. The smallest absolute Gasteiger partial charge is 0.228 e. The number of nitrogens with one attached hydrogen (secondary N) is 1. The fourth-order valence-electron chi connectivity index (χ4n) is 6.30. The van der Waals surface area contributed by atoms with Gasteiger partial charge in [0, 0.05) is 18.1 Å². The van der Waals surface area contributed by atoms with Gasteiger partial charge in [-0.2, -0.15) is 0 Å². The van der Waals surface area contributed by atoms with Crippen molar-refractivity contribution in [3.05, 3.63) is 113 Å². The first-order valence-electron chi connectivity index (χ1n) is 14.0. The van der Waals surface area contributed by atoms with Crippen LogP contribution in [0, 0.1) is 12.8 Å². The molecule has 1 aliphatic carbocycles. The Labute approximate surface area is 229 Å². The summed E-state index contributed by atoms with van der Waals surface area (Å²) in [5.41, 5.74) is 7.64. The molecule has 5 nitrogen and oxygen atoms in total. The molecule has 0 radical (unpaired) electrons. The number of rotatable bonds is 8. The molecule has 3 aromatic carbocycles. The lowest BCUT2D eigenvalue weighted by atomic mass is 9.83. The molecule has 6 rings (SSSR count). The summed E-state index contributed by atoms with van der Waals surface area (Å²) in [6.45, 7) is 2.69. The van der Waals surface area contributed by atoms with Gasteiger partial charge in [-0.15, -0.1) is 0 Å². The molecule has 1 saturated carbocycles. The second-order valence-electron chi connectivity index (χ2n) is 10.9. The second kappa shape index (κ2) is 11.0. The molecule has 5 heteroatoms. The normalized spacial score (nSPS) is 15.5. The van der Waals surface area contributed by atoms with E-state index in [9.17, 15) is 9.90 Å². The highest BCUT2D eigenvalue weighted by Crippen LogP contribution is 2.38. The van der Waals surface area contributed by atoms with Crippen LogP contribution in [0.1, 0.15) is 59.9 Å². The van der Waals surface area contributed by atoms with Crippen LogP contribution in [0.25, 0.3) is 21.9 Å². The van der Waals surface area contributed by atoms with Gasteiger partial charge in [-0.25, -0.2) is 0 Å². The van der Waals surface area contributed by atoms with Crippen LogP contribution in [0.15, 0.2) is 91.1 Å². The molecule has 2 aromatic heterocycles. The number of aromatic nitrogens is 2. The molecule has 1 aliphatic rings. The number of amides is 1. The van der Waals surface area contributed by atoms with Gasteiger partial charge in [-0.3, -0.25) is 9.78 Å². The van der Waals surface area contributed by atoms with E-state index in [1.54, 1.807) is 0 Å². The number of pyridine rings is 1. The topological polar surface area (TPSA) is 67.2 Å². The minimum absolute atomic E-state index is 0.00139. The van der Waals surface area contributed by atoms with Crippen molar-refractivity contribution in [2.24, 2.45) is 5.92 Å². The van der Waals surface area contributed by atoms with Crippen LogP contribution >= 0.6 is 0 Å². The molecule has 2 atom stereocenters. The maximum atomic E-state index is 13.7. The van der Waals surface area contributed by atoms with Crippen molar-refractivity contribution in [2.75, 3.05) is 6.61 Å². The van der Waals surface area contributed by atoms with Crippen molar-refractivity contribution in [3.63, 3.8) is 0 Å². The third-order valence-corrected chi connectivity index (χ3v) is 8.28. The predicted octanol–water partition coefficient (Wildman–Crippen LogP) is 6.67. The molecule has 198 valence electrons. The Morgan fingerprint density at radius 3 is 2.41 bits per heavy atom. The predicted molar refractivity (Wildman–Crippen MR) is 157 cm³/mol. The summed E-state index contributed by atoms with van der Waals surface area (Å²) in [5, 5.41) is 14.4. The van der Waals surface area contributed by atoms with Gasteiger partial charge in [-0.05, 0) is 60.1 Å². The van der Waals surface area contributed by atoms with Gasteiger partial charge >= 0.3 is 0 Å². The molecule has 0 spiro atoms. The monoisotopic (exact) mass is 517 g/mol. The van der Waals surface area contributed by atoms with E-state index in [1.807, 2.05) is 36.5 Å². The van der Waals surface area contributed by atoms with Crippen molar-refractivity contribution in [2.45, 2.75) is 51.1 Å². The minimum atomic E-state index is -0.408. The van der Waals surface area contributed by atoms with E-state index in [1.165, 1.54) is 16.5 Å². The Morgan fingerprint density at radius 2 is 1.67 bits per heavy atom. The summed E-state index contributed by atoms with van der Waals surface area (Å²) >= 11 is 0. The van der Waals surface area contributed by atoms with Gasteiger partial charge in [0.15, 0.2) is 0 Å². The summed E-state index contributed by atoms with van der Waals surface area (Å²) in [6.07, 6.45) is 6.37. The third kappa shape index (κ3) is 5.07. The van der Waals surface area contributed by atoms with E-state index in [2.05, 4.69) is 71.4 Å². The number of carbonyl (C=O) groups is 1. The van der Waals surface area contributed by atoms with Gasteiger partial charge in [0.05, 0.1) is 35.1 Å². The molecule has 2 heterocycles. The van der Waals surface area contributed by atoms with E-state index in [-0.39, 0.29) is 18.4 Å². The van der Waals surface area contributed by atoms with E-state index < -0.39 is 6.04 Å². The van der Waals surface area contributed by atoms with E-state index in [0.29, 0.717) is 5.92 Å². The molecule has 1 unspecified atom stereocenters. The molecule has 2 N–H and O–H groups in total. The maximum absolute atomic E-state index is 13.7. The molecule has 1 amide bonds. The fourth-order valence-corrected chi connectivity index (χ4v) is 6.30. The van der Waals surface area contributed by atoms with Gasteiger partial charge in [-0.1, -0.05) is 85.6 Å². The van der Waals surface area contributed by atoms with Crippen LogP contribution in [-0.4, -0.2) is 27.2 Å². The highest BCUT2D eigenvalue weighted by molar-refractivity contribution is 6.05. The molecule has 0 bridgehead atoms. The summed E-state index contributed by atoms with van der Waals surface area (Å²) in [5.74, 6) is 0.0956. The first-order valence-corrected chi connectivity index (χ1v) is 14.0. The number of nitrogens with zero attached hydrogens (tertiary/aromatic N) is 2. The van der Waals surface area contributed by atoms with Crippen LogP contribution < -0.4 is 5.32 Å². The number of aliphatic hydroxyl groups excluding tert-OH is 1. The molecular formula is C34H35N3O2. The van der Waals surface area contributed by atoms with Crippen LogP contribution in [0.2, 0.25) is 0 Å². The van der Waals surface area contributed by atoms with Gasteiger partial charge < -0.3 is 15.0 Å². The summed E-state index contributed by atoms with van der Waals surface area (Å²) < 4.78 is 2.34.